The van der Waals surface area contributed by atoms with E-state index in [2.05, 4.69) is 72.2 Å². The van der Waals surface area contributed by atoms with E-state index in [1.165, 1.54) is 22.3 Å². The van der Waals surface area contributed by atoms with Gasteiger partial charge in [0.15, 0.2) is 0 Å². The van der Waals surface area contributed by atoms with Crippen molar-refractivity contribution in [2.75, 3.05) is 0 Å². The Morgan fingerprint density at radius 3 is 2.33 bits per heavy atom. The summed E-state index contributed by atoms with van der Waals surface area (Å²) < 4.78 is 1.10. The summed E-state index contributed by atoms with van der Waals surface area (Å²) in [6, 6.07) is 14.9. The highest BCUT2D eigenvalue weighted by atomic mass is 79.9. The molecule has 2 rings (SSSR count). The molecule has 0 amide bonds. The fourth-order valence-electron chi connectivity index (χ4n) is 2.14. The third kappa shape index (κ3) is 3.21. The van der Waals surface area contributed by atoms with Crippen LogP contribution >= 0.6 is 15.9 Å². The van der Waals surface area contributed by atoms with Gasteiger partial charge in [-0.1, -0.05) is 51.8 Å². The Bertz CT molecular complexity index is 531. The fraction of sp³-hybridized carbons (Fsp3) is 0.250. The molecule has 2 N–H and O–H groups in total. The molecule has 0 saturated carbocycles. The molecule has 2 aromatic rings. The Balaban J connectivity index is 2.16. The van der Waals surface area contributed by atoms with E-state index in [0.717, 1.165) is 10.9 Å². The fourth-order valence-corrected chi connectivity index (χ4v) is 2.62. The Hall–Kier alpha value is -1.12. The second-order valence-electron chi connectivity index (χ2n) is 4.80. The monoisotopic (exact) mass is 303 g/mol. The minimum atomic E-state index is 0.0563. The Morgan fingerprint density at radius 2 is 1.72 bits per heavy atom. The molecule has 0 aliphatic carbocycles. The average Bonchev–Trinajstić information content (AvgIpc) is 2.32. The SMILES string of the molecule is Cc1ccc(CC(N)c2ccc(Br)cc2C)cc1. The number of halogens is 1. The zero-order valence-corrected chi connectivity index (χ0v) is 12.4. The summed E-state index contributed by atoms with van der Waals surface area (Å²) in [6.45, 7) is 4.21. The summed E-state index contributed by atoms with van der Waals surface area (Å²) in [5, 5.41) is 0. The Morgan fingerprint density at radius 1 is 1.06 bits per heavy atom. The molecule has 0 aromatic heterocycles. The molecule has 94 valence electrons. The van der Waals surface area contributed by atoms with Crippen LogP contribution in [-0.4, -0.2) is 0 Å². The summed E-state index contributed by atoms with van der Waals surface area (Å²) in [5.74, 6) is 0. The van der Waals surface area contributed by atoms with Gasteiger partial charge in [-0.25, -0.2) is 0 Å². The smallest absolute Gasteiger partial charge is 0.0338 e. The van der Waals surface area contributed by atoms with Crippen LogP contribution in [0.25, 0.3) is 0 Å². The summed E-state index contributed by atoms with van der Waals surface area (Å²) in [5.41, 5.74) is 11.3. The van der Waals surface area contributed by atoms with E-state index in [0.29, 0.717) is 0 Å². The summed E-state index contributed by atoms with van der Waals surface area (Å²) in [6.07, 6.45) is 0.878. The number of benzene rings is 2. The topological polar surface area (TPSA) is 26.0 Å². The standard InChI is InChI=1S/C16H18BrN/c1-11-3-5-13(6-4-11)10-16(18)15-8-7-14(17)9-12(15)2/h3-9,16H,10,18H2,1-2H3. The number of hydrogen-bond donors (Lipinski definition) is 1. The van der Waals surface area contributed by atoms with Crippen molar-refractivity contribution in [2.45, 2.75) is 26.3 Å². The highest BCUT2D eigenvalue weighted by Gasteiger charge is 2.09. The van der Waals surface area contributed by atoms with Gasteiger partial charge in [0, 0.05) is 10.5 Å². The maximum atomic E-state index is 6.30. The van der Waals surface area contributed by atoms with Crippen LogP contribution in [0.2, 0.25) is 0 Å². The first-order chi connectivity index (χ1) is 8.56. The van der Waals surface area contributed by atoms with Crippen LogP contribution in [0.1, 0.15) is 28.3 Å². The van der Waals surface area contributed by atoms with E-state index in [9.17, 15) is 0 Å². The van der Waals surface area contributed by atoms with Gasteiger partial charge in [-0.05, 0) is 49.1 Å². The zero-order valence-electron chi connectivity index (χ0n) is 10.8. The predicted molar refractivity (Wildman–Crippen MR) is 80.7 cm³/mol. The molecule has 0 radical (unpaired) electrons. The number of aryl methyl sites for hydroxylation is 2. The molecule has 2 heteroatoms. The number of nitrogens with two attached hydrogens (primary N) is 1. The third-order valence-electron chi connectivity index (χ3n) is 3.21. The van der Waals surface area contributed by atoms with Gasteiger partial charge in [0.1, 0.15) is 0 Å². The van der Waals surface area contributed by atoms with Crippen LogP contribution in [0.4, 0.5) is 0 Å². The Kier molecular flexibility index (Phi) is 4.20. The van der Waals surface area contributed by atoms with E-state index in [1.54, 1.807) is 0 Å². The van der Waals surface area contributed by atoms with Crippen LogP contribution in [-0.2, 0) is 6.42 Å². The molecular weight excluding hydrogens is 286 g/mol. The van der Waals surface area contributed by atoms with Crippen LogP contribution in [0.15, 0.2) is 46.9 Å². The highest BCUT2D eigenvalue weighted by Crippen LogP contribution is 2.23. The molecule has 1 unspecified atom stereocenters. The van der Waals surface area contributed by atoms with Gasteiger partial charge in [-0.2, -0.15) is 0 Å². The van der Waals surface area contributed by atoms with Crippen molar-refractivity contribution in [1.29, 1.82) is 0 Å². The lowest BCUT2D eigenvalue weighted by Gasteiger charge is -2.15. The largest absolute Gasteiger partial charge is 0.324 e. The maximum Gasteiger partial charge on any atom is 0.0338 e. The first kappa shape index (κ1) is 13.3. The van der Waals surface area contributed by atoms with Gasteiger partial charge in [-0.3, -0.25) is 0 Å². The molecule has 0 bridgehead atoms. The second kappa shape index (κ2) is 5.68. The number of hydrogen-bond acceptors (Lipinski definition) is 1. The first-order valence-electron chi connectivity index (χ1n) is 6.13. The second-order valence-corrected chi connectivity index (χ2v) is 5.71. The highest BCUT2D eigenvalue weighted by molar-refractivity contribution is 9.10. The van der Waals surface area contributed by atoms with Crippen LogP contribution in [0, 0.1) is 13.8 Å². The van der Waals surface area contributed by atoms with Crippen molar-refractivity contribution in [3.05, 3.63) is 69.2 Å². The molecule has 0 aliphatic heterocycles. The van der Waals surface area contributed by atoms with Crippen molar-refractivity contribution in [3.8, 4) is 0 Å². The zero-order chi connectivity index (χ0) is 13.1. The van der Waals surface area contributed by atoms with Crippen molar-refractivity contribution in [2.24, 2.45) is 5.73 Å². The number of rotatable bonds is 3. The van der Waals surface area contributed by atoms with Gasteiger partial charge in [-0.15, -0.1) is 0 Å². The van der Waals surface area contributed by atoms with E-state index in [-0.39, 0.29) is 6.04 Å². The van der Waals surface area contributed by atoms with Crippen LogP contribution in [0.5, 0.6) is 0 Å². The third-order valence-corrected chi connectivity index (χ3v) is 3.70. The van der Waals surface area contributed by atoms with Crippen LogP contribution in [0.3, 0.4) is 0 Å². The molecular formula is C16H18BrN. The van der Waals surface area contributed by atoms with Crippen molar-refractivity contribution in [1.82, 2.24) is 0 Å². The minimum absolute atomic E-state index is 0.0563. The Labute approximate surface area is 117 Å². The molecule has 0 aliphatic rings. The molecule has 2 aromatic carbocycles. The normalized spacial score (nSPS) is 12.4. The lowest BCUT2D eigenvalue weighted by Crippen LogP contribution is -2.14. The molecule has 0 saturated heterocycles. The van der Waals surface area contributed by atoms with E-state index < -0.39 is 0 Å². The minimum Gasteiger partial charge on any atom is -0.324 e. The summed E-state index contributed by atoms with van der Waals surface area (Å²) in [7, 11) is 0. The van der Waals surface area contributed by atoms with Crippen molar-refractivity contribution >= 4 is 15.9 Å². The summed E-state index contributed by atoms with van der Waals surface area (Å²) in [4.78, 5) is 0. The van der Waals surface area contributed by atoms with Crippen molar-refractivity contribution < 1.29 is 0 Å². The molecule has 0 fully saturated rings. The molecule has 0 heterocycles. The molecule has 0 spiro atoms. The van der Waals surface area contributed by atoms with Gasteiger partial charge < -0.3 is 5.73 Å². The quantitative estimate of drug-likeness (QED) is 0.898. The summed E-state index contributed by atoms with van der Waals surface area (Å²) >= 11 is 3.48. The van der Waals surface area contributed by atoms with Crippen molar-refractivity contribution in [3.63, 3.8) is 0 Å². The van der Waals surface area contributed by atoms with Crippen LogP contribution < -0.4 is 5.73 Å². The maximum absolute atomic E-state index is 6.30. The average molecular weight is 304 g/mol. The predicted octanol–water partition coefficient (Wildman–Crippen LogP) is 4.31. The first-order valence-corrected chi connectivity index (χ1v) is 6.93. The van der Waals surface area contributed by atoms with Gasteiger partial charge in [0.05, 0.1) is 0 Å². The van der Waals surface area contributed by atoms with E-state index in [4.69, 9.17) is 5.73 Å². The van der Waals surface area contributed by atoms with E-state index in [1.807, 2.05) is 0 Å². The van der Waals surface area contributed by atoms with Gasteiger partial charge >= 0.3 is 0 Å². The van der Waals surface area contributed by atoms with E-state index >= 15 is 0 Å². The molecule has 1 atom stereocenters. The lowest BCUT2D eigenvalue weighted by molar-refractivity contribution is 0.716. The van der Waals surface area contributed by atoms with Gasteiger partial charge in [0.25, 0.3) is 0 Å². The molecule has 1 nitrogen and oxygen atoms in total. The van der Waals surface area contributed by atoms with Gasteiger partial charge in [0.2, 0.25) is 0 Å². The lowest BCUT2D eigenvalue weighted by atomic mass is 9.96. The molecule has 18 heavy (non-hydrogen) atoms.